The number of allylic oxidation sites excluding steroid dienone is 18. The van der Waals surface area contributed by atoms with Crippen LogP contribution in [0.3, 0.4) is 0 Å². The van der Waals surface area contributed by atoms with Gasteiger partial charge in [-0.2, -0.15) is 8.42 Å². The summed E-state index contributed by atoms with van der Waals surface area (Å²) < 4.78 is 54.0. The first-order valence-corrected chi connectivity index (χ1v) is 25.1. The summed E-state index contributed by atoms with van der Waals surface area (Å²) >= 11 is 0. The van der Waals surface area contributed by atoms with E-state index in [1.165, 1.54) is 0 Å². The lowest BCUT2D eigenvalue weighted by molar-refractivity contribution is -0.297. The highest BCUT2D eigenvalue weighted by atomic mass is 32.2. The molecule has 6 atom stereocenters. The lowest BCUT2D eigenvalue weighted by Crippen LogP contribution is -2.60. The molecule has 362 valence electrons. The van der Waals surface area contributed by atoms with Crippen LogP contribution in [0.5, 0.6) is 0 Å². The summed E-state index contributed by atoms with van der Waals surface area (Å²) in [4.78, 5) is 25.4. The Labute approximate surface area is 385 Å². The molecule has 64 heavy (non-hydrogen) atoms. The van der Waals surface area contributed by atoms with Crippen molar-refractivity contribution in [2.75, 3.05) is 19.0 Å². The van der Waals surface area contributed by atoms with E-state index in [0.29, 0.717) is 12.8 Å². The summed E-state index contributed by atoms with van der Waals surface area (Å²) in [6.07, 6.45) is 45.6. The summed E-state index contributed by atoms with van der Waals surface area (Å²) in [7, 11) is -4.62. The van der Waals surface area contributed by atoms with Crippen LogP contribution < -0.4 is 0 Å². The fourth-order valence-corrected chi connectivity index (χ4v) is 7.05. The van der Waals surface area contributed by atoms with E-state index in [9.17, 15) is 37.9 Å². The highest BCUT2D eigenvalue weighted by molar-refractivity contribution is 7.85. The maximum atomic E-state index is 12.8. The van der Waals surface area contributed by atoms with Gasteiger partial charge in [-0.3, -0.25) is 14.1 Å². The van der Waals surface area contributed by atoms with Crippen molar-refractivity contribution in [3.8, 4) is 0 Å². The molecular formula is C51H80O12S. The molecule has 0 aliphatic carbocycles. The Hall–Kier alpha value is -3.69. The highest BCUT2D eigenvalue weighted by Crippen LogP contribution is 2.24. The standard InChI is InChI=1S/C51H80O12S/c1-3-5-7-9-11-13-15-17-18-19-20-21-22-23-24-25-26-28-29-31-33-35-37-39-46(52)60-41-44(42-61-51-50(56)49(55)48(54)45(63-51)43-64(57,58)59)62-47(53)40-38-36-34-32-30-27-16-14-12-10-8-6-4-2/h5-8,10-14,16-18,20-21,23-24,27,30,44-45,48-51,54-56H,3-4,9,15,19,22,25-26,28-29,31-43H2,1-2H3,(H,57,58,59)/b7-5+,8-6+,12-10+,13-11+,16-14+,18-17+,21-20+,24-23+,30-27+/t44?,45-,48-,49?,50?,51+/m1/s1. The average Bonchev–Trinajstić information content (AvgIpc) is 3.26. The normalized spacial score (nSPS) is 20.6. The monoisotopic (exact) mass is 917 g/mol. The van der Waals surface area contributed by atoms with Gasteiger partial charge in [-0.1, -0.05) is 162 Å². The minimum absolute atomic E-state index is 0.109. The van der Waals surface area contributed by atoms with Crippen LogP contribution in [0.2, 0.25) is 0 Å². The Kier molecular flexibility index (Phi) is 36.1. The summed E-state index contributed by atoms with van der Waals surface area (Å²) in [5, 5.41) is 30.9. The first-order chi connectivity index (χ1) is 31.0. The second kappa shape index (κ2) is 39.7. The van der Waals surface area contributed by atoms with Crippen LogP contribution in [0.4, 0.5) is 0 Å². The van der Waals surface area contributed by atoms with Crippen LogP contribution in [0, 0.1) is 0 Å². The Morgan fingerprint density at radius 1 is 0.547 bits per heavy atom. The molecule has 1 fully saturated rings. The number of hydrogen-bond donors (Lipinski definition) is 4. The number of aliphatic hydroxyl groups excluding tert-OH is 3. The van der Waals surface area contributed by atoms with Gasteiger partial charge in [-0.25, -0.2) is 0 Å². The number of hydrogen-bond acceptors (Lipinski definition) is 11. The quantitative estimate of drug-likeness (QED) is 0.0152. The molecule has 1 aliphatic rings. The molecule has 0 aromatic heterocycles. The molecular weight excluding hydrogens is 837 g/mol. The molecule has 4 N–H and O–H groups in total. The van der Waals surface area contributed by atoms with Crippen molar-refractivity contribution in [2.24, 2.45) is 0 Å². The second-order valence-electron chi connectivity index (χ2n) is 15.7. The molecule has 1 rings (SSSR count). The molecule has 0 spiro atoms. The molecule has 1 saturated heterocycles. The lowest BCUT2D eigenvalue weighted by atomic mass is 10.00. The third kappa shape index (κ3) is 33.8. The van der Waals surface area contributed by atoms with Crippen molar-refractivity contribution < 1.29 is 56.8 Å². The molecule has 0 aromatic rings. The maximum absolute atomic E-state index is 12.8. The number of esters is 2. The zero-order valence-corrected chi connectivity index (χ0v) is 39.4. The first-order valence-electron chi connectivity index (χ1n) is 23.5. The predicted molar refractivity (Wildman–Crippen MR) is 256 cm³/mol. The van der Waals surface area contributed by atoms with E-state index in [4.69, 9.17) is 18.9 Å². The van der Waals surface area contributed by atoms with E-state index in [1.54, 1.807) is 0 Å². The van der Waals surface area contributed by atoms with Crippen molar-refractivity contribution in [1.82, 2.24) is 0 Å². The smallest absolute Gasteiger partial charge is 0.306 e. The summed E-state index contributed by atoms with van der Waals surface area (Å²) in [5.74, 6) is -2.07. The first kappa shape index (κ1) is 58.3. The van der Waals surface area contributed by atoms with Gasteiger partial charge in [0.1, 0.15) is 36.8 Å². The fraction of sp³-hybridized carbons (Fsp3) is 0.608. The van der Waals surface area contributed by atoms with Crippen LogP contribution >= 0.6 is 0 Å². The second-order valence-corrected chi connectivity index (χ2v) is 17.2. The summed E-state index contributed by atoms with van der Waals surface area (Å²) in [5.41, 5.74) is 0. The van der Waals surface area contributed by atoms with Gasteiger partial charge in [-0.05, 0) is 77.0 Å². The van der Waals surface area contributed by atoms with E-state index in [-0.39, 0.29) is 19.4 Å². The maximum Gasteiger partial charge on any atom is 0.306 e. The van der Waals surface area contributed by atoms with Gasteiger partial charge in [0.05, 0.1) is 6.61 Å². The molecule has 1 aliphatic heterocycles. The third-order valence-corrected chi connectivity index (χ3v) is 10.7. The van der Waals surface area contributed by atoms with Crippen molar-refractivity contribution in [1.29, 1.82) is 0 Å². The van der Waals surface area contributed by atoms with E-state index in [2.05, 4.69) is 86.8 Å². The number of carbonyl (C=O) groups is 2. The average molecular weight is 917 g/mol. The molecule has 0 radical (unpaired) electrons. The molecule has 3 unspecified atom stereocenters. The molecule has 0 bridgehead atoms. The van der Waals surface area contributed by atoms with E-state index >= 15 is 0 Å². The summed E-state index contributed by atoms with van der Waals surface area (Å²) in [6, 6.07) is 0. The number of rotatable bonds is 37. The third-order valence-electron chi connectivity index (χ3n) is 9.94. The van der Waals surface area contributed by atoms with Crippen LogP contribution in [0.15, 0.2) is 109 Å². The number of carbonyl (C=O) groups excluding carboxylic acids is 2. The zero-order valence-electron chi connectivity index (χ0n) is 38.6. The van der Waals surface area contributed by atoms with Crippen molar-refractivity contribution in [3.05, 3.63) is 109 Å². The SMILES string of the molecule is CC/C=C/C=C/C=C/C=C/CCCCCC(=O)OC(COC(=O)CCCCCCCCC/C=C/C/C=C/C/C=C/C/C=C/C/C=C/CC)CO[C@H]1O[C@H](CS(=O)(=O)O)[C@@H](O)C(O)C1O. The van der Waals surface area contributed by atoms with Gasteiger partial charge in [-0.15, -0.1) is 0 Å². The van der Waals surface area contributed by atoms with E-state index < -0.39 is 71.2 Å². The van der Waals surface area contributed by atoms with Gasteiger partial charge in [0, 0.05) is 12.8 Å². The minimum atomic E-state index is -4.62. The largest absolute Gasteiger partial charge is 0.462 e. The number of unbranched alkanes of at least 4 members (excludes halogenated alkanes) is 10. The van der Waals surface area contributed by atoms with Crippen molar-refractivity contribution in [3.63, 3.8) is 0 Å². The van der Waals surface area contributed by atoms with Crippen LogP contribution in [-0.4, -0.2) is 96.0 Å². The molecule has 0 saturated carbocycles. The number of ether oxygens (including phenoxy) is 4. The molecule has 12 nitrogen and oxygen atoms in total. The topological polar surface area (TPSA) is 186 Å². The Bertz CT molecular complexity index is 1590. The molecule has 0 amide bonds. The number of aliphatic hydroxyl groups is 3. The van der Waals surface area contributed by atoms with E-state index in [0.717, 1.165) is 103 Å². The van der Waals surface area contributed by atoms with Gasteiger partial charge >= 0.3 is 11.9 Å². The van der Waals surface area contributed by atoms with Gasteiger partial charge < -0.3 is 34.3 Å². The fourth-order valence-electron chi connectivity index (χ4n) is 6.36. The van der Waals surface area contributed by atoms with E-state index in [1.807, 2.05) is 36.5 Å². The Morgan fingerprint density at radius 3 is 1.59 bits per heavy atom. The van der Waals surface area contributed by atoms with Gasteiger partial charge in [0.2, 0.25) is 0 Å². The van der Waals surface area contributed by atoms with Crippen molar-refractivity contribution in [2.45, 2.75) is 179 Å². The van der Waals surface area contributed by atoms with Crippen LogP contribution in [0.1, 0.15) is 142 Å². The zero-order chi connectivity index (χ0) is 46.9. The lowest BCUT2D eigenvalue weighted by Gasteiger charge is -2.40. The minimum Gasteiger partial charge on any atom is -0.462 e. The van der Waals surface area contributed by atoms with Crippen molar-refractivity contribution >= 4 is 22.1 Å². The predicted octanol–water partition coefficient (Wildman–Crippen LogP) is 10.0. The molecule has 0 aromatic carbocycles. The Morgan fingerprint density at radius 2 is 1.02 bits per heavy atom. The molecule has 1 heterocycles. The highest BCUT2D eigenvalue weighted by Gasteiger charge is 2.46. The molecule has 13 heteroatoms. The Balaban J connectivity index is 2.42. The summed E-state index contributed by atoms with van der Waals surface area (Å²) in [6.45, 7) is 3.44. The van der Waals surface area contributed by atoms with Gasteiger partial charge in [0.15, 0.2) is 12.4 Å². The van der Waals surface area contributed by atoms with Gasteiger partial charge in [0.25, 0.3) is 10.1 Å². The van der Waals surface area contributed by atoms with Crippen LogP contribution in [-0.2, 0) is 38.7 Å². The van der Waals surface area contributed by atoms with Crippen LogP contribution in [0.25, 0.3) is 0 Å².